The molecule has 2 atom stereocenters. The topological polar surface area (TPSA) is 129 Å². The van der Waals surface area contributed by atoms with Gasteiger partial charge in [-0.2, -0.15) is 0 Å². The molecule has 0 aromatic heterocycles. The molecule has 1 aliphatic rings. The van der Waals surface area contributed by atoms with Crippen molar-refractivity contribution in [2.45, 2.75) is 43.4 Å². The number of carboxylic acids is 2. The lowest BCUT2D eigenvalue weighted by molar-refractivity contribution is -0.151. The third-order valence-electron chi connectivity index (χ3n) is 3.29. The molecule has 9 heteroatoms. The van der Waals surface area contributed by atoms with Crippen LogP contribution < -0.4 is 0 Å². The van der Waals surface area contributed by atoms with E-state index in [1.165, 1.54) is 13.8 Å². The van der Waals surface area contributed by atoms with Gasteiger partial charge in [-0.25, -0.2) is 13.2 Å². The van der Waals surface area contributed by atoms with Gasteiger partial charge in [-0.1, -0.05) is 0 Å². The summed E-state index contributed by atoms with van der Waals surface area (Å²) in [6.07, 6.45) is -0.838. The van der Waals surface area contributed by atoms with E-state index in [-0.39, 0.29) is 0 Å². The number of amides is 1. The Labute approximate surface area is 109 Å². The smallest absolute Gasteiger partial charge is 0.328 e. The third-order valence-corrected chi connectivity index (χ3v) is 6.09. The van der Waals surface area contributed by atoms with Crippen LogP contribution in [0.1, 0.15) is 27.2 Å². The van der Waals surface area contributed by atoms with Gasteiger partial charge < -0.3 is 15.1 Å². The highest BCUT2D eigenvalue weighted by Crippen LogP contribution is 2.40. The molecule has 0 aromatic rings. The van der Waals surface area contributed by atoms with Crippen molar-refractivity contribution in [1.82, 2.24) is 4.90 Å². The molecular formula is C10H15NO7S. The molecule has 1 rings (SSSR count). The fraction of sp³-hybridized carbons (Fsp3) is 0.700. The van der Waals surface area contributed by atoms with Crippen molar-refractivity contribution >= 4 is 27.7 Å². The maximum Gasteiger partial charge on any atom is 0.328 e. The van der Waals surface area contributed by atoms with Crippen LogP contribution in [-0.4, -0.2) is 57.5 Å². The minimum absolute atomic E-state index is 0.631. The molecule has 8 nitrogen and oxygen atoms in total. The van der Waals surface area contributed by atoms with Crippen molar-refractivity contribution in [2.75, 3.05) is 0 Å². The normalized spacial score (nSPS) is 28.1. The van der Waals surface area contributed by atoms with Gasteiger partial charge in [-0.15, -0.1) is 0 Å². The van der Waals surface area contributed by atoms with Crippen LogP contribution in [0.4, 0.5) is 0 Å². The van der Waals surface area contributed by atoms with Crippen molar-refractivity contribution in [3.05, 3.63) is 0 Å². The summed E-state index contributed by atoms with van der Waals surface area (Å²) in [4.78, 5) is 34.2. The van der Waals surface area contributed by atoms with Crippen LogP contribution in [0.3, 0.4) is 0 Å². The van der Waals surface area contributed by atoms with E-state index in [4.69, 9.17) is 10.2 Å². The molecule has 1 fully saturated rings. The molecule has 108 valence electrons. The Morgan fingerprint density at radius 3 is 2.00 bits per heavy atom. The second-order valence-corrected chi connectivity index (χ2v) is 7.55. The van der Waals surface area contributed by atoms with Gasteiger partial charge in [0.25, 0.3) is 0 Å². The summed E-state index contributed by atoms with van der Waals surface area (Å²) in [6.45, 7) is 3.37. The zero-order valence-electron chi connectivity index (χ0n) is 10.7. The van der Waals surface area contributed by atoms with E-state index in [1.54, 1.807) is 0 Å². The van der Waals surface area contributed by atoms with Gasteiger partial charge >= 0.3 is 11.9 Å². The predicted octanol–water partition coefficient (Wildman–Crippen LogP) is -0.704. The molecule has 0 bridgehead atoms. The number of aliphatic carboxylic acids is 2. The van der Waals surface area contributed by atoms with E-state index >= 15 is 0 Å². The van der Waals surface area contributed by atoms with Gasteiger partial charge in [-0.05, 0) is 13.8 Å². The Hall–Kier alpha value is -1.64. The quantitative estimate of drug-likeness (QED) is 0.703. The molecule has 0 spiro atoms. The maximum atomic E-state index is 12.3. The third kappa shape index (κ3) is 2.18. The van der Waals surface area contributed by atoms with Crippen molar-refractivity contribution in [2.24, 2.45) is 0 Å². The first-order valence-corrected chi connectivity index (χ1v) is 6.96. The monoisotopic (exact) mass is 293 g/mol. The summed E-state index contributed by atoms with van der Waals surface area (Å²) in [6, 6.07) is -1.60. The Bertz CT molecular complexity index is 536. The van der Waals surface area contributed by atoms with Crippen LogP contribution in [0.2, 0.25) is 0 Å². The SMILES string of the molecule is CC(=O)N1C(CC(=O)O)S(=O)(=O)C(C)(C)[C@@H]1C(=O)O. The summed E-state index contributed by atoms with van der Waals surface area (Å²) in [5.41, 5.74) is 0. The number of carbonyl (C=O) groups is 3. The highest BCUT2D eigenvalue weighted by Gasteiger charge is 2.62. The van der Waals surface area contributed by atoms with Crippen molar-refractivity contribution in [3.8, 4) is 0 Å². The zero-order chi connectivity index (χ0) is 15.2. The Morgan fingerprint density at radius 2 is 1.68 bits per heavy atom. The maximum absolute atomic E-state index is 12.3. The lowest BCUT2D eigenvalue weighted by Crippen LogP contribution is -2.50. The molecular weight excluding hydrogens is 278 g/mol. The first kappa shape index (κ1) is 15.4. The van der Waals surface area contributed by atoms with Gasteiger partial charge in [0.05, 0.1) is 11.2 Å². The van der Waals surface area contributed by atoms with Crippen LogP contribution in [0.15, 0.2) is 0 Å². The summed E-state index contributed by atoms with van der Waals surface area (Å²) >= 11 is 0. The summed E-state index contributed by atoms with van der Waals surface area (Å²) < 4.78 is 22.8. The average Bonchev–Trinajstić information content (AvgIpc) is 2.34. The largest absolute Gasteiger partial charge is 0.481 e. The molecule has 2 N–H and O–H groups in total. The Kier molecular flexibility index (Phi) is 3.63. The molecule has 1 amide bonds. The lowest BCUT2D eigenvalue weighted by Gasteiger charge is -2.26. The fourth-order valence-electron chi connectivity index (χ4n) is 2.32. The molecule has 0 aromatic carbocycles. The van der Waals surface area contributed by atoms with Crippen LogP contribution in [-0.2, 0) is 24.2 Å². The van der Waals surface area contributed by atoms with E-state index in [2.05, 4.69) is 0 Å². The average molecular weight is 293 g/mol. The van der Waals surface area contributed by atoms with E-state index in [0.717, 1.165) is 6.92 Å². The predicted molar refractivity (Wildman–Crippen MR) is 63.0 cm³/mol. The van der Waals surface area contributed by atoms with E-state index in [1.807, 2.05) is 0 Å². The van der Waals surface area contributed by atoms with Gasteiger partial charge in [-0.3, -0.25) is 9.59 Å². The van der Waals surface area contributed by atoms with Gasteiger partial charge in [0.2, 0.25) is 5.91 Å². The highest BCUT2D eigenvalue weighted by atomic mass is 32.2. The first-order chi connectivity index (χ1) is 8.44. The lowest BCUT2D eigenvalue weighted by atomic mass is 10.0. The highest BCUT2D eigenvalue weighted by molar-refractivity contribution is 7.93. The van der Waals surface area contributed by atoms with Crippen molar-refractivity contribution in [3.63, 3.8) is 0 Å². The second kappa shape index (κ2) is 4.48. The number of hydrogen-bond donors (Lipinski definition) is 2. The van der Waals surface area contributed by atoms with Gasteiger partial charge in [0, 0.05) is 6.92 Å². The Morgan fingerprint density at radius 1 is 1.21 bits per heavy atom. The molecule has 0 radical (unpaired) electrons. The van der Waals surface area contributed by atoms with E-state index in [9.17, 15) is 22.8 Å². The van der Waals surface area contributed by atoms with Crippen molar-refractivity contribution < 1.29 is 33.0 Å². The molecule has 1 aliphatic heterocycles. The standard InChI is InChI=1S/C10H15NO7S/c1-5(12)11-6(4-7(13)14)19(17,18)10(2,3)8(11)9(15)16/h6,8H,4H2,1-3H3,(H,13,14)(H,15,16)/t6?,8-/m0/s1. The number of rotatable bonds is 3. The second-order valence-electron chi connectivity index (χ2n) is 4.87. The van der Waals surface area contributed by atoms with Crippen LogP contribution >= 0.6 is 0 Å². The van der Waals surface area contributed by atoms with E-state index < -0.39 is 50.3 Å². The Balaban J connectivity index is 3.49. The number of nitrogens with zero attached hydrogens (tertiary/aromatic N) is 1. The van der Waals surface area contributed by atoms with Crippen molar-refractivity contribution in [1.29, 1.82) is 0 Å². The zero-order valence-corrected chi connectivity index (χ0v) is 11.5. The molecule has 1 saturated heterocycles. The summed E-state index contributed by atoms with van der Waals surface area (Å²) in [5.74, 6) is -3.67. The fourth-order valence-corrected chi connectivity index (χ4v) is 4.47. The number of hydrogen-bond acceptors (Lipinski definition) is 5. The molecule has 0 saturated carbocycles. The molecule has 1 unspecified atom stereocenters. The molecule has 0 aliphatic carbocycles. The van der Waals surface area contributed by atoms with Gasteiger partial charge in [0.15, 0.2) is 9.84 Å². The van der Waals surface area contributed by atoms with Crippen LogP contribution in [0, 0.1) is 0 Å². The summed E-state index contributed by atoms with van der Waals surface area (Å²) in [7, 11) is -4.11. The number of carbonyl (C=O) groups excluding carboxylic acids is 1. The van der Waals surface area contributed by atoms with Crippen LogP contribution in [0.25, 0.3) is 0 Å². The first-order valence-electron chi connectivity index (χ1n) is 5.41. The minimum Gasteiger partial charge on any atom is -0.481 e. The summed E-state index contributed by atoms with van der Waals surface area (Å²) in [5, 5.41) is 16.2. The number of sulfone groups is 1. The molecule has 1 heterocycles. The van der Waals surface area contributed by atoms with E-state index in [0.29, 0.717) is 4.90 Å². The van der Waals surface area contributed by atoms with Gasteiger partial charge in [0.1, 0.15) is 11.4 Å². The van der Waals surface area contributed by atoms with Crippen LogP contribution in [0.5, 0.6) is 0 Å². The molecule has 19 heavy (non-hydrogen) atoms. The number of carboxylic acid groups (broad SMARTS) is 2. The minimum atomic E-state index is -4.11.